The molecular formula is C35H46N4O7. The zero-order valence-electron chi connectivity index (χ0n) is 26.7. The van der Waals surface area contributed by atoms with Crippen molar-refractivity contribution in [1.82, 2.24) is 4.90 Å². The van der Waals surface area contributed by atoms with Crippen LogP contribution in [0.3, 0.4) is 0 Å². The zero-order chi connectivity index (χ0) is 34.5. The number of nitrogens with zero attached hydrogens (tertiary/aromatic N) is 1. The number of aromatic hydroxyl groups is 1. The molecule has 0 saturated carbocycles. The van der Waals surface area contributed by atoms with Crippen molar-refractivity contribution < 1.29 is 34.4 Å². The first-order chi connectivity index (χ1) is 22.0. The minimum absolute atomic E-state index is 0.0109. The number of nitrogens with two attached hydrogens (primary N) is 3. The fraction of sp³-hybridized carbons (Fsp3) is 0.286. The van der Waals surface area contributed by atoms with Crippen molar-refractivity contribution in [2.75, 3.05) is 39.3 Å². The van der Waals surface area contributed by atoms with Gasteiger partial charge in [-0.1, -0.05) is 81.5 Å². The molecule has 0 aromatic heterocycles. The van der Waals surface area contributed by atoms with Gasteiger partial charge in [0.15, 0.2) is 0 Å². The van der Waals surface area contributed by atoms with Crippen molar-refractivity contribution in [3.63, 3.8) is 0 Å². The molecule has 0 radical (unpaired) electrons. The molecule has 0 spiro atoms. The molecule has 0 aliphatic carbocycles. The highest BCUT2D eigenvalue weighted by atomic mass is 16.5. The minimum atomic E-state index is -1.20. The molecule has 0 bridgehead atoms. The van der Waals surface area contributed by atoms with Crippen LogP contribution in [0.4, 0.5) is 0 Å². The molecule has 3 rings (SSSR count). The molecule has 11 nitrogen and oxygen atoms in total. The first kappa shape index (κ1) is 39.2. The number of ether oxygens (including phenoxy) is 1. The minimum Gasteiger partial charge on any atom is -0.507 e. The van der Waals surface area contributed by atoms with Gasteiger partial charge in [-0.15, -0.1) is 0 Å². The molecule has 0 amide bonds. The fourth-order valence-corrected chi connectivity index (χ4v) is 3.83. The SMILES string of the molecule is CCC(=O)Oc1ccc(/C=C/c2ccc(/C=C/c3ccc(O)c(C(=O)O)c3)cc2)cc1C(=O)O.CCN.CCN(CCN)CCN. The van der Waals surface area contributed by atoms with Crippen LogP contribution in [0.1, 0.15) is 70.2 Å². The molecule has 0 unspecified atom stereocenters. The highest BCUT2D eigenvalue weighted by molar-refractivity contribution is 5.93. The van der Waals surface area contributed by atoms with Crippen molar-refractivity contribution in [3.8, 4) is 11.5 Å². The lowest BCUT2D eigenvalue weighted by atomic mass is 10.1. The van der Waals surface area contributed by atoms with Gasteiger partial charge in [-0.3, -0.25) is 4.79 Å². The summed E-state index contributed by atoms with van der Waals surface area (Å²) in [5.41, 5.74) is 18.3. The molecule has 11 heteroatoms. The topological polar surface area (TPSA) is 202 Å². The molecule has 3 aromatic carbocycles. The van der Waals surface area contributed by atoms with E-state index in [1.54, 1.807) is 31.2 Å². The van der Waals surface area contributed by atoms with Gasteiger partial charge in [0.2, 0.25) is 0 Å². The van der Waals surface area contributed by atoms with E-state index >= 15 is 0 Å². The monoisotopic (exact) mass is 634 g/mol. The number of esters is 1. The van der Waals surface area contributed by atoms with Gasteiger partial charge in [-0.2, -0.15) is 0 Å². The molecule has 248 valence electrons. The maximum absolute atomic E-state index is 11.5. The average molecular weight is 635 g/mol. The molecule has 9 N–H and O–H groups in total. The molecule has 46 heavy (non-hydrogen) atoms. The summed E-state index contributed by atoms with van der Waals surface area (Å²) in [6, 6.07) is 16.4. The number of likely N-dealkylation sites (N-methyl/N-ethyl adjacent to an activating group) is 1. The second-order valence-electron chi connectivity index (χ2n) is 9.72. The van der Waals surface area contributed by atoms with Gasteiger partial charge in [0, 0.05) is 32.6 Å². The lowest BCUT2D eigenvalue weighted by molar-refractivity contribution is -0.134. The largest absolute Gasteiger partial charge is 0.507 e. The molecule has 0 saturated heterocycles. The molecule has 0 fully saturated rings. The average Bonchev–Trinajstić information content (AvgIpc) is 3.04. The highest BCUT2D eigenvalue weighted by Gasteiger charge is 2.14. The number of hydrogen-bond donors (Lipinski definition) is 6. The van der Waals surface area contributed by atoms with Crippen LogP contribution in [-0.4, -0.2) is 77.4 Å². The van der Waals surface area contributed by atoms with Crippen LogP contribution < -0.4 is 21.9 Å². The van der Waals surface area contributed by atoms with Crippen LogP contribution in [-0.2, 0) is 4.79 Å². The van der Waals surface area contributed by atoms with Gasteiger partial charge in [-0.05, 0) is 59.6 Å². The summed E-state index contributed by atoms with van der Waals surface area (Å²) in [7, 11) is 0. The number of hydrogen-bond acceptors (Lipinski definition) is 9. The quantitative estimate of drug-likeness (QED) is 0.0869. The Morgan fingerprint density at radius 1 is 0.696 bits per heavy atom. The molecule has 3 aromatic rings. The molecule has 0 atom stereocenters. The number of carboxylic acids is 2. The van der Waals surface area contributed by atoms with Crippen LogP contribution in [0, 0.1) is 0 Å². The van der Waals surface area contributed by atoms with E-state index in [2.05, 4.69) is 11.8 Å². The fourth-order valence-electron chi connectivity index (χ4n) is 3.83. The normalized spacial score (nSPS) is 10.7. The van der Waals surface area contributed by atoms with Crippen molar-refractivity contribution in [3.05, 3.63) is 94.0 Å². The predicted molar refractivity (Wildman–Crippen MR) is 184 cm³/mol. The summed E-state index contributed by atoms with van der Waals surface area (Å²) in [5, 5.41) is 28.1. The third kappa shape index (κ3) is 14.3. The van der Waals surface area contributed by atoms with Gasteiger partial charge in [0.1, 0.15) is 22.6 Å². The predicted octanol–water partition coefficient (Wildman–Crippen LogP) is 4.64. The first-order valence-electron chi connectivity index (χ1n) is 15.0. The van der Waals surface area contributed by atoms with Crippen molar-refractivity contribution in [1.29, 1.82) is 0 Å². The van der Waals surface area contributed by atoms with E-state index in [-0.39, 0.29) is 29.0 Å². The Morgan fingerprint density at radius 2 is 1.11 bits per heavy atom. The molecule has 0 aliphatic heterocycles. The maximum Gasteiger partial charge on any atom is 0.339 e. The Bertz CT molecular complexity index is 1450. The van der Waals surface area contributed by atoms with Crippen LogP contribution in [0.15, 0.2) is 60.7 Å². The Balaban J connectivity index is 0.000000750. The summed E-state index contributed by atoms with van der Waals surface area (Å²) in [5.74, 6) is -3.16. The summed E-state index contributed by atoms with van der Waals surface area (Å²) in [6.07, 6.45) is 7.29. The second-order valence-corrected chi connectivity index (χ2v) is 9.72. The van der Waals surface area contributed by atoms with E-state index in [0.29, 0.717) is 11.1 Å². The highest BCUT2D eigenvalue weighted by Crippen LogP contribution is 2.23. The Morgan fingerprint density at radius 3 is 1.52 bits per heavy atom. The lowest BCUT2D eigenvalue weighted by Gasteiger charge is -2.17. The molecule has 0 heterocycles. The number of benzene rings is 3. The van der Waals surface area contributed by atoms with E-state index in [9.17, 15) is 24.6 Å². The summed E-state index contributed by atoms with van der Waals surface area (Å²) in [4.78, 5) is 36.4. The smallest absolute Gasteiger partial charge is 0.339 e. The van der Waals surface area contributed by atoms with E-state index in [1.807, 2.05) is 43.3 Å². The van der Waals surface area contributed by atoms with E-state index in [4.69, 9.17) is 27.0 Å². The molecular weight excluding hydrogens is 588 g/mol. The van der Waals surface area contributed by atoms with Gasteiger partial charge in [0.25, 0.3) is 0 Å². The van der Waals surface area contributed by atoms with Crippen LogP contribution in [0.2, 0.25) is 0 Å². The zero-order valence-corrected chi connectivity index (χ0v) is 26.7. The van der Waals surface area contributed by atoms with E-state index in [1.165, 1.54) is 24.3 Å². The Hall–Kier alpha value is -4.81. The number of carbonyl (C=O) groups is 3. The standard InChI is InChI=1S/C27H22O7.C6H17N3.C2H7N/c1-2-25(29)34-24-14-12-20(16-22(24)27(32)33)10-8-18-5-3-17(4-6-18)7-9-19-11-13-23(28)21(15-19)26(30)31;1-2-9(5-3-7)6-4-8;1-2-3/h3-16,28H,2H2,1H3,(H,30,31)(H,32,33);2-8H2,1H3;2-3H2,1H3/b9-7+,10-8+;;. The Labute approximate surface area is 270 Å². The van der Waals surface area contributed by atoms with Crippen molar-refractivity contribution in [2.24, 2.45) is 17.2 Å². The van der Waals surface area contributed by atoms with Gasteiger partial charge in [-0.25, -0.2) is 9.59 Å². The third-order valence-electron chi connectivity index (χ3n) is 6.21. The number of phenols is 1. The van der Waals surface area contributed by atoms with Crippen LogP contribution >= 0.6 is 0 Å². The Kier molecular flexibility index (Phi) is 18.6. The van der Waals surface area contributed by atoms with E-state index in [0.717, 1.165) is 50.4 Å². The first-order valence-corrected chi connectivity index (χ1v) is 15.0. The lowest BCUT2D eigenvalue weighted by Crippen LogP contribution is -2.33. The summed E-state index contributed by atoms with van der Waals surface area (Å²) < 4.78 is 5.07. The number of carboxylic acid groups (broad SMARTS) is 2. The van der Waals surface area contributed by atoms with Gasteiger partial charge < -0.3 is 42.2 Å². The molecule has 0 aliphatic rings. The number of rotatable bonds is 13. The van der Waals surface area contributed by atoms with Gasteiger partial charge >= 0.3 is 17.9 Å². The second kappa shape index (κ2) is 21.8. The van der Waals surface area contributed by atoms with Crippen molar-refractivity contribution >= 4 is 42.2 Å². The van der Waals surface area contributed by atoms with Gasteiger partial charge in [0.05, 0.1) is 0 Å². The summed E-state index contributed by atoms with van der Waals surface area (Å²) in [6.45, 7) is 10.8. The number of carbonyl (C=O) groups excluding carboxylic acids is 1. The van der Waals surface area contributed by atoms with E-state index < -0.39 is 17.9 Å². The van der Waals surface area contributed by atoms with Crippen LogP contribution in [0.25, 0.3) is 24.3 Å². The number of aromatic carboxylic acids is 2. The van der Waals surface area contributed by atoms with Crippen LogP contribution in [0.5, 0.6) is 11.5 Å². The third-order valence-corrected chi connectivity index (χ3v) is 6.21. The van der Waals surface area contributed by atoms with Crippen molar-refractivity contribution in [2.45, 2.75) is 27.2 Å². The summed E-state index contributed by atoms with van der Waals surface area (Å²) >= 11 is 0. The maximum atomic E-state index is 11.5.